The predicted octanol–water partition coefficient (Wildman–Crippen LogP) is 1.06. The third-order valence-corrected chi connectivity index (χ3v) is 5.61. The molecule has 0 spiro atoms. The summed E-state index contributed by atoms with van der Waals surface area (Å²) in [6, 6.07) is 5.36. The van der Waals surface area contributed by atoms with Gasteiger partial charge in [0.05, 0.1) is 33.3 Å². The van der Waals surface area contributed by atoms with Gasteiger partial charge in [-0.15, -0.1) is 0 Å². The number of nitrogens with zero attached hydrogens (tertiary/aromatic N) is 1. The molecule has 2 N–H and O–H groups in total. The van der Waals surface area contributed by atoms with Gasteiger partial charge in [-0.1, -0.05) is 37.9 Å². The number of carbonyl (C=O) groups is 2. The summed E-state index contributed by atoms with van der Waals surface area (Å²) in [5.41, 5.74) is 2.36. The Morgan fingerprint density at radius 1 is 1.33 bits per heavy atom. The SMILES string of the molecule is CC[C@H](C)[C@@H](NC(=O)C[NH+]1CCN(c2cc(Cl)ccc2C)CC1)C(=O)OC. The van der Waals surface area contributed by atoms with Crippen molar-refractivity contribution < 1.29 is 19.2 Å². The van der Waals surface area contributed by atoms with Crippen LogP contribution < -0.4 is 15.1 Å². The Labute approximate surface area is 166 Å². The van der Waals surface area contributed by atoms with E-state index in [0.29, 0.717) is 6.54 Å². The molecule has 2 atom stereocenters. The molecule has 7 heteroatoms. The highest BCUT2D eigenvalue weighted by molar-refractivity contribution is 6.30. The summed E-state index contributed by atoms with van der Waals surface area (Å²) in [6.07, 6.45) is 0.796. The number of halogens is 1. The van der Waals surface area contributed by atoms with Gasteiger partial charge in [0.15, 0.2) is 6.54 Å². The lowest BCUT2D eigenvalue weighted by molar-refractivity contribution is -0.892. The number of esters is 1. The second-order valence-electron chi connectivity index (χ2n) is 7.30. The third-order valence-electron chi connectivity index (χ3n) is 5.38. The Morgan fingerprint density at radius 2 is 2.00 bits per heavy atom. The second kappa shape index (κ2) is 9.95. The highest BCUT2D eigenvalue weighted by Gasteiger charge is 2.29. The average molecular weight is 397 g/mol. The van der Waals surface area contributed by atoms with Crippen LogP contribution in [0.1, 0.15) is 25.8 Å². The zero-order valence-electron chi connectivity index (χ0n) is 16.7. The molecule has 1 fully saturated rings. The number of amides is 1. The number of piperazine rings is 1. The molecule has 0 aliphatic carbocycles. The molecule has 0 radical (unpaired) electrons. The first kappa shape index (κ1) is 21.5. The molecular weight excluding hydrogens is 366 g/mol. The number of aryl methyl sites for hydroxylation is 1. The summed E-state index contributed by atoms with van der Waals surface area (Å²) >= 11 is 6.13. The van der Waals surface area contributed by atoms with Crippen LogP contribution in [0.2, 0.25) is 5.02 Å². The molecular formula is C20H31ClN3O3+. The lowest BCUT2D eigenvalue weighted by Crippen LogP contribution is -3.16. The predicted molar refractivity (Wildman–Crippen MR) is 107 cm³/mol. The highest BCUT2D eigenvalue weighted by Crippen LogP contribution is 2.24. The van der Waals surface area contributed by atoms with E-state index in [9.17, 15) is 9.59 Å². The summed E-state index contributed by atoms with van der Waals surface area (Å²) in [6.45, 7) is 9.87. The fourth-order valence-corrected chi connectivity index (χ4v) is 3.58. The molecule has 0 unspecified atom stereocenters. The van der Waals surface area contributed by atoms with Crippen molar-refractivity contribution in [2.75, 3.05) is 44.7 Å². The maximum atomic E-state index is 12.4. The number of anilines is 1. The first-order valence-corrected chi connectivity index (χ1v) is 9.95. The van der Waals surface area contributed by atoms with Gasteiger partial charge in [0.1, 0.15) is 6.04 Å². The van der Waals surface area contributed by atoms with E-state index in [4.69, 9.17) is 16.3 Å². The summed E-state index contributed by atoms with van der Waals surface area (Å²) in [7, 11) is 1.35. The number of quaternary nitrogens is 1. The van der Waals surface area contributed by atoms with Gasteiger partial charge in [-0.3, -0.25) is 4.79 Å². The topological polar surface area (TPSA) is 63.1 Å². The molecule has 0 bridgehead atoms. The molecule has 0 saturated carbocycles. The molecule has 0 aromatic heterocycles. The molecule has 1 saturated heterocycles. The zero-order chi connectivity index (χ0) is 20.0. The molecule has 1 aromatic carbocycles. The van der Waals surface area contributed by atoms with Gasteiger partial charge >= 0.3 is 5.97 Å². The van der Waals surface area contributed by atoms with E-state index >= 15 is 0 Å². The Morgan fingerprint density at radius 3 is 2.59 bits per heavy atom. The van der Waals surface area contributed by atoms with E-state index in [1.54, 1.807) is 0 Å². The van der Waals surface area contributed by atoms with Crippen LogP contribution in [0.3, 0.4) is 0 Å². The number of ether oxygens (including phenoxy) is 1. The fourth-order valence-electron chi connectivity index (χ4n) is 3.41. The molecule has 1 aromatic rings. The smallest absolute Gasteiger partial charge is 0.328 e. The summed E-state index contributed by atoms with van der Waals surface area (Å²) in [5.74, 6) is -0.443. The van der Waals surface area contributed by atoms with Gasteiger partial charge in [-0.05, 0) is 30.5 Å². The van der Waals surface area contributed by atoms with Crippen molar-refractivity contribution in [1.29, 1.82) is 0 Å². The van der Waals surface area contributed by atoms with E-state index in [2.05, 4.69) is 17.1 Å². The maximum Gasteiger partial charge on any atom is 0.328 e. The maximum absolute atomic E-state index is 12.4. The fraction of sp³-hybridized carbons (Fsp3) is 0.600. The molecule has 1 heterocycles. The van der Waals surface area contributed by atoms with E-state index in [-0.39, 0.29) is 17.8 Å². The Balaban J connectivity index is 1.88. The molecule has 2 rings (SSSR count). The highest BCUT2D eigenvalue weighted by atomic mass is 35.5. The van der Waals surface area contributed by atoms with E-state index in [1.807, 2.05) is 32.0 Å². The summed E-state index contributed by atoms with van der Waals surface area (Å²) < 4.78 is 4.83. The number of methoxy groups -OCH3 is 1. The minimum Gasteiger partial charge on any atom is -0.467 e. The third kappa shape index (κ3) is 5.84. The van der Waals surface area contributed by atoms with Gasteiger partial charge in [-0.2, -0.15) is 0 Å². The molecule has 6 nitrogen and oxygen atoms in total. The van der Waals surface area contributed by atoms with Gasteiger partial charge in [0.25, 0.3) is 5.91 Å². The van der Waals surface area contributed by atoms with Crippen molar-refractivity contribution in [3.05, 3.63) is 28.8 Å². The van der Waals surface area contributed by atoms with Crippen LogP contribution in [0.5, 0.6) is 0 Å². The molecule has 1 amide bonds. The van der Waals surface area contributed by atoms with Crippen molar-refractivity contribution in [2.45, 2.75) is 33.2 Å². The van der Waals surface area contributed by atoms with E-state index in [0.717, 1.165) is 43.3 Å². The lowest BCUT2D eigenvalue weighted by atomic mass is 9.99. The van der Waals surface area contributed by atoms with Crippen molar-refractivity contribution in [3.63, 3.8) is 0 Å². The molecule has 1 aliphatic heterocycles. The molecule has 27 heavy (non-hydrogen) atoms. The van der Waals surface area contributed by atoms with Crippen LogP contribution in [-0.2, 0) is 14.3 Å². The number of nitrogens with one attached hydrogen (secondary N) is 2. The average Bonchev–Trinajstić information content (AvgIpc) is 2.67. The van der Waals surface area contributed by atoms with E-state index in [1.165, 1.54) is 17.6 Å². The number of hydrogen-bond donors (Lipinski definition) is 2. The van der Waals surface area contributed by atoms with Crippen LogP contribution >= 0.6 is 11.6 Å². The minimum absolute atomic E-state index is 0.0408. The van der Waals surface area contributed by atoms with E-state index < -0.39 is 6.04 Å². The number of benzene rings is 1. The monoisotopic (exact) mass is 396 g/mol. The number of rotatable bonds is 7. The van der Waals surface area contributed by atoms with Gasteiger partial charge in [0, 0.05) is 10.7 Å². The Bertz CT molecular complexity index is 660. The quantitative estimate of drug-likeness (QED) is 0.676. The number of carbonyl (C=O) groups excluding carboxylic acids is 2. The summed E-state index contributed by atoms with van der Waals surface area (Å²) in [4.78, 5) is 27.9. The van der Waals surface area contributed by atoms with Crippen molar-refractivity contribution in [2.24, 2.45) is 5.92 Å². The van der Waals surface area contributed by atoms with Gasteiger partial charge in [0.2, 0.25) is 0 Å². The van der Waals surface area contributed by atoms with Gasteiger partial charge in [-0.25, -0.2) is 4.79 Å². The van der Waals surface area contributed by atoms with Crippen molar-refractivity contribution in [3.8, 4) is 0 Å². The zero-order valence-corrected chi connectivity index (χ0v) is 17.4. The lowest BCUT2D eigenvalue weighted by Gasteiger charge is -2.34. The largest absolute Gasteiger partial charge is 0.467 e. The van der Waals surface area contributed by atoms with Crippen LogP contribution in [0.4, 0.5) is 5.69 Å². The first-order valence-electron chi connectivity index (χ1n) is 9.57. The van der Waals surface area contributed by atoms with Crippen molar-refractivity contribution in [1.82, 2.24) is 5.32 Å². The number of hydrogen-bond acceptors (Lipinski definition) is 4. The first-order chi connectivity index (χ1) is 12.8. The summed E-state index contributed by atoms with van der Waals surface area (Å²) in [5, 5.41) is 3.60. The van der Waals surface area contributed by atoms with Crippen LogP contribution in [0.15, 0.2) is 18.2 Å². The van der Waals surface area contributed by atoms with Crippen LogP contribution in [0, 0.1) is 12.8 Å². The van der Waals surface area contributed by atoms with Gasteiger partial charge < -0.3 is 19.9 Å². The molecule has 150 valence electrons. The van der Waals surface area contributed by atoms with Crippen LogP contribution in [-0.4, -0.2) is 57.8 Å². The second-order valence-corrected chi connectivity index (χ2v) is 7.73. The Hall–Kier alpha value is -1.79. The standard InChI is InChI=1S/C20H30ClN3O3/c1-5-14(2)19(20(26)27-4)22-18(25)13-23-8-10-24(11-9-23)17-12-16(21)7-6-15(17)3/h6-7,12,14,19H,5,8-11,13H2,1-4H3,(H,22,25)/p+1/t14-,19+/m0/s1. The Kier molecular flexibility index (Phi) is 7.92. The van der Waals surface area contributed by atoms with Crippen molar-refractivity contribution >= 4 is 29.2 Å². The minimum atomic E-state index is -0.581. The normalized spacial score (nSPS) is 17.3. The van der Waals surface area contributed by atoms with Crippen LogP contribution in [0.25, 0.3) is 0 Å². The molecule has 1 aliphatic rings.